The zero-order valence-corrected chi connectivity index (χ0v) is 11.0. The van der Waals surface area contributed by atoms with Gasteiger partial charge in [0.1, 0.15) is 0 Å². The SMILES string of the molecule is CCO[C@H](C(=O)Nc1ccncc1F)c1ccccc1. The van der Waals surface area contributed by atoms with E-state index in [-0.39, 0.29) is 5.69 Å². The topological polar surface area (TPSA) is 51.2 Å². The van der Waals surface area contributed by atoms with Crippen molar-refractivity contribution in [1.29, 1.82) is 0 Å². The van der Waals surface area contributed by atoms with Crippen molar-refractivity contribution in [2.24, 2.45) is 0 Å². The molecule has 1 aromatic carbocycles. The minimum atomic E-state index is -0.770. The molecule has 0 unspecified atom stereocenters. The van der Waals surface area contributed by atoms with Gasteiger partial charge in [0.2, 0.25) is 0 Å². The maximum absolute atomic E-state index is 13.5. The monoisotopic (exact) mass is 274 g/mol. The molecule has 0 radical (unpaired) electrons. The van der Waals surface area contributed by atoms with Crippen LogP contribution in [0.15, 0.2) is 48.8 Å². The first kappa shape index (κ1) is 14.1. The molecule has 0 saturated heterocycles. The Kier molecular flexibility index (Phi) is 4.79. The van der Waals surface area contributed by atoms with E-state index >= 15 is 0 Å². The Bertz CT molecular complexity index is 575. The lowest BCUT2D eigenvalue weighted by molar-refractivity contribution is -0.127. The summed E-state index contributed by atoms with van der Waals surface area (Å²) in [5, 5.41) is 2.51. The quantitative estimate of drug-likeness (QED) is 0.912. The predicted octanol–water partition coefficient (Wildman–Crippen LogP) is 2.94. The third-order valence-electron chi connectivity index (χ3n) is 2.70. The second kappa shape index (κ2) is 6.77. The van der Waals surface area contributed by atoms with Gasteiger partial charge in [0.15, 0.2) is 11.9 Å². The number of hydrogen-bond acceptors (Lipinski definition) is 3. The fourth-order valence-corrected chi connectivity index (χ4v) is 1.79. The van der Waals surface area contributed by atoms with Crippen LogP contribution in [0.2, 0.25) is 0 Å². The Hall–Kier alpha value is -2.27. The molecule has 5 heteroatoms. The van der Waals surface area contributed by atoms with Gasteiger partial charge in [-0.2, -0.15) is 0 Å². The molecule has 1 heterocycles. The van der Waals surface area contributed by atoms with Crippen LogP contribution in [-0.4, -0.2) is 17.5 Å². The number of nitrogens with one attached hydrogen (secondary N) is 1. The molecule has 1 N–H and O–H groups in total. The summed E-state index contributed by atoms with van der Waals surface area (Å²) in [6.45, 7) is 2.18. The van der Waals surface area contributed by atoms with E-state index in [2.05, 4.69) is 10.3 Å². The number of anilines is 1. The maximum Gasteiger partial charge on any atom is 0.258 e. The van der Waals surface area contributed by atoms with Gasteiger partial charge in [0.05, 0.1) is 11.9 Å². The summed E-state index contributed by atoms with van der Waals surface area (Å²) in [6, 6.07) is 10.5. The molecule has 4 nitrogen and oxygen atoms in total. The number of rotatable bonds is 5. The molecule has 0 saturated carbocycles. The molecule has 1 amide bonds. The fourth-order valence-electron chi connectivity index (χ4n) is 1.79. The minimum Gasteiger partial charge on any atom is -0.364 e. The van der Waals surface area contributed by atoms with Gasteiger partial charge in [-0.05, 0) is 18.6 Å². The number of ether oxygens (including phenoxy) is 1. The van der Waals surface area contributed by atoms with Gasteiger partial charge in [-0.3, -0.25) is 9.78 Å². The highest BCUT2D eigenvalue weighted by Crippen LogP contribution is 2.20. The molecule has 1 aromatic heterocycles. The van der Waals surface area contributed by atoms with Crippen molar-refractivity contribution < 1.29 is 13.9 Å². The molecule has 1 atom stereocenters. The van der Waals surface area contributed by atoms with Crippen molar-refractivity contribution >= 4 is 11.6 Å². The number of halogens is 1. The molecule has 2 aromatic rings. The number of nitrogens with zero attached hydrogens (tertiary/aromatic N) is 1. The Morgan fingerprint density at radius 3 is 2.75 bits per heavy atom. The Balaban J connectivity index is 2.18. The molecule has 0 aliphatic carbocycles. The highest BCUT2D eigenvalue weighted by atomic mass is 19.1. The molecular formula is C15H15FN2O2. The molecule has 2 rings (SSSR count). The minimum absolute atomic E-state index is 0.0886. The van der Waals surface area contributed by atoms with Crippen molar-refractivity contribution in [2.75, 3.05) is 11.9 Å². The maximum atomic E-state index is 13.5. The van der Waals surface area contributed by atoms with Crippen LogP contribution < -0.4 is 5.32 Å². The van der Waals surface area contributed by atoms with Crippen LogP contribution in [0.25, 0.3) is 0 Å². The molecule has 0 aliphatic heterocycles. The van der Waals surface area contributed by atoms with Gasteiger partial charge < -0.3 is 10.1 Å². The first-order valence-electron chi connectivity index (χ1n) is 6.29. The number of pyridine rings is 1. The molecule has 0 bridgehead atoms. The van der Waals surface area contributed by atoms with E-state index < -0.39 is 17.8 Å². The summed E-state index contributed by atoms with van der Waals surface area (Å²) in [5.74, 6) is -0.993. The van der Waals surface area contributed by atoms with Gasteiger partial charge in [-0.25, -0.2) is 4.39 Å². The van der Waals surface area contributed by atoms with E-state index in [1.54, 1.807) is 19.1 Å². The average Bonchev–Trinajstić information content (AvgIpc) is 2.48. The molecular weight excluding hydrogens is 259 g/mol. The van der Waals surface area contributed by atoms with Crippen molar-refractivity contribution in [3.05, 3.63) is 60.2 Å². The van der Waals surface area contributed by atoms with E-state index in [0.717, 1.165) is 11.8 Å². The number of hydrogen-bond donors (Lipinski definition) is 1. The summed E-state index contributed by atoms with van der Waals surface area (Å²) in [7, 11) is 0. The third kappa shape index (κ3) is 3.39. The number of aromatic nitrogens is 1. The molecule has 0 fully saturated rings. The van der Waals surface area contributed by atoms with Crippen molar-refractivity contribution in [3.63, 3.8) is 0 Å². The second-order valence-electron chi connectivity index (χ2n) is 4.09. The van der Waals surface area contributed by atoms with Crippen LogP contribution in [-0.2, 0) is 9.53 Å². The zero-order valence-electron chi connectivity index (χ0n) is 11.0. The molecule has 104 valence electrons. The fraction of sp³-hybridized carbons (Fsp3) is 0.200. The first-order chi connectivity index (χ1) is 9.72. The van der Waals surface area contributed by atoms with E-state index in [4.69, 9.17) is 4.74 Å². The highest BCUT2D eigenvalue weighted by molar-refractivity contribution is 5.94. The van der Waals surface area contributed by atoms with Gasteiger partial charge in [0, 0.05) is 12.8 Å². The number of amides is 1. The van der Waals surface area contributed by atoms with Crippen molar-refractivity contribution in [2.45, 2.75) is 13.0 Å². The summed E-state index contributed by atoms with van der Waals surface area (Å²) in [4.78, 5) is 15.9. The van der Waals surface area contributed by atoms with E-state index in [1.165, 1.54) is 12.3 Å². The first-order valence-corrected chi connectivity index (χ1v) is 6.29. The standard InChI is InChI=1S/C15H15FN2O2/c1-2-20-14(11-6-4-3-5-7-11)15(19)18-13-8-9-17-10-12(13)16/h3-10,14H,2H2,1H3,(H,17,18,19)/t14-/m0/s1. The van der Waals surface area contributed by atoms with Crippen LogP contribution in [0.3, 0.4) is 0 Å². The van der Waals surface area contributed by atoms with Crippen molar-refractivity contribution in [3.8, 4) is 0 Å². The number of carbonyl (C=O) groups excluding carboxylic acids is 1. The zero-order chi connectivity index (χ0) is 14.4. The number of benzene rings is 1. The van der Waals surface area contributed by atoms with Crippen LogP contribution in [0.4, 0.5) is 10.1 Å². The molecule has 0 spiro atoms. The van der Waals surface area contributed by atoms with Gasteiger partial charge in [-0.15, -0.1) is 0 Å². The van der Waals surface area contributed by atoms with Gasteiger partial charge in [-0.1, -0.05) is 30.3 Å². The van der Waals surface area contributed by atoms with Gasteiger partial charge in [0.25, 0.3) is 5.91 Å². The summed E-state index contributed by atoms with van der Waals surface area (Å²) in [5.41, 5.74) is 0.812. The lowest BCUT2D eigenvalue weighted by Crippen LogP contribution is -2.24. The van der Waals surface area contributed by atoms with Crippen molar-refractivity contribution in [1.82, 2.24) is 4.98 Å². The summed E-state index contributed by atoms with van der Waals surface area (Å²) < 4.78 is 18.9. The van der Waals surface area contributed by atoms with Crippen LogP contribution in [0.5, 0.6) is 0 Å². The average molecular weight is 274 g/mol. The van der Waals surface area contributed by atoms with E-state index in [1.807, 2.05) is 18.2 Å². The normalized spacial score (nSPS) is 11.9. The van der Waals surface area contributed by atoms with Crippen LogP contribution in [0.1, 0.15) is 18.6 Å². The number of carbonyl (C=O) groups is 1. The highest BCUT2D eigenvalue weighted by Gasteiger charge is 2.21. The van der Waals surface area contributed by atoms with E-state index in [9.17, 15) is 9.18 Å². The van der Waals surface area contributed by atoms with Crippen LogP contribution >= 0.6 is 0 Å². The Labute approximate surface area is 116 Å². The summed E-state index contributed by atoms with van der Waals surface area (Å²) >= 11 is 0. The Morgan fingerprint density at radius 2 is 2.10 bits per heavy atom. The lowest BCUT2D eigenvalue weighted by Gasteiger charge is -2.17. The largest absolute Gasteiger partial charge is 0.364 e. The second-order valence-corrected chi connectivity index (χ2v) is 4.09. The van der Waals surface area contributed by atoms with Crippen LogP contribution in [0, 0.1) is 5.82 Å². The smallest absolute Gasteiger partial charge is 0.258 e. The summed E-state index contributed by atoms with van der Waals surface area (Å²) in [6.07, 6.45) is 1.69. The Morgan fingerprint density at radius 1 is 1.35 bits per heavy atom. The lowest BCUT2D eigenvalue weighted by atomic mass is 10.1. The van der Waals surface area contributed by atoms with Gasteiger partial charge >= 0.3 is 0 Å². The molecule has 0 aliphatic rings. The molecule has 20 heavy (non-hydrogen) atoms. The van der Waals surface area contributed by atoms with E-state index in [0.29, 0.717) is 6.61 Å². The third-order valence-corrected chi connectivity index (χ3v) is 2.70. The predicted molar refractivity (Wildman–Crippen MR) is 73.6 cm³/mol.